The molecule has 0 bridgehead atoms. The number of pyridine rings is 1. The van der Waals surface area contributed by atoms with Crippen molar-refractivity contribution in [2.75, 3.05) is 18.4 Å². The zero-order chi connectivity index (χ0) is 20.1. The van der Waals surface area contributed by atoms with Crippen molar-refractivity contribution in [1.82, 2.24) is 20.2 Å². The number of nitrogens with one attached hydrogen (secondary N) is 2. The predicted molar refractivity (Wildman–Crippen MR) is 116 cm³/mol. The van der Waals surface area contributed by atoms with Gasteiger partial charge in [0.05, 0.1) is 5.52 Å². The van der Waals surface area contributed by atoms with Crippen molar-refractivity contribution in [3.05, 3.63) is 47.6 Å². The third kappa shape index (κ3) is 5.05. The molecule has 0 saturated carbocycles. The van der Waals surface area contributed by atoms with Crippen molar-refractivity contribution in [3.63, 3.8) is 0 Å². The minimum absolute atomic E-state index is 0.139. The van der Waals surface area contributed by atoms with Gasteiger partial charge in [0.2, 0.25) is 0 Å². The first kappa shape index (κ1) is 20.2. The van der Waals surface area contributed by atoms with E-state index in [4.69, 9.17) is 0 Å². The van der Waals surface area contributed by atoms with Crippen LogP contribution in [0.4, 0.5) is 10.8 Å². The molecule has 2 heterocycles. The number of nitrogens with zero attached hydrogens (tertiary/aromatic N) is 3. The Kier molecular flexibility index (Phi) is 6.59. The molecule has 0 spiro atoms. The average molecular weight is 398 g/mol. The number of benzene rings is 1. The van der Waals surface area contributed by atoms with Crippen LogP contribution in [0.1, 0.15) is 38.2 Å². The summed E-state index contributed by atoms with van der Waals surface area (Å²) in [7, 11) is 0. The van der Waals surface area contributed by atoms with Crippen LogP contribution in [0.3, 0.4) is 0 Å². The van der Waals surface area contributed by atoms with Gasteiger partial charge in [-0.1, -0.05) is 6.07 Å². The first-order chi connectivity index (χ1) is 13.4. The number of rotatable bonds is 8. The molecule has 148 valence electrons. The Hall–Kier alpha value is -2.51. The second-order valence-electron chi connectivity index (χ2n) is 7.26. The predicted octanol–water partition coefficient (Wildman–Crippen LogP) is 4.28. The number of amides is 1. The summed E-state index contributed by atoms with van der Waals surface area (Å²) in [6.45, 7) is 10.1. The molecule has 6 nitrogen and oxygen atoms in total. The van der Waals surface area contributed by atoms with E-state index in [1.807, 2.05) is 30.3 Å². The number of aromatic nitrogens is 2. The molecule has 2 aromatic heterocycles. The van der Waals surface area contributed by atoms with E-state index in [0.29, 0.717) is 29.5 Å². The number of hydrogen-bond acceptors (Lipinski definition) is 6. The molecule has 1 amide bonds. The maximum absolute atomic E-state index is 12.4. The van der Waals surface area contributed by atoms with Crippen molar-refractivity contribution in [2.24, 2.45) is 0 Å². The monoisotopic (exact) mass is 397 g/mol. The number of thiazole rings is 1. The highest BCUT2D eigenvalue weighted by molar-refractivity contribution is 7.14. The smallest absolute Gasteiger partial charge is 0.270 e. The van der Waals surface area contributed by atoms with E-state index in [0.717, 1.165) is 23.1 Å². The quantitative estimate of drug-likeness (QED) is 0.594. The van der Waals surface area contributed by atoms with Gasteiger partial charge in [0, 0.05) is 47.8 Å². The van der Waals surface area contributed by atoms with Gasteiger partial charge in [-0.3, -0.25) is 14.7 Å². The Balaban J connectivity index is 1.57. The molecule has 0 atom stereocenters. The second-order valence-corrected chi connectivity index (χ2v) is 8.11. The summed E-state index contributed by atoms with van der Waals surface area (Å²) >= 11 is 1.42. The maximum Gasteiger partial charge on any atom is 0.270 e. The fourth-order valence-electron chi connectivity index (χ4n) is 3.21. The van der Waals surface area contributed by atoms with E-state index < -0.39 is 0 Å². The number of carbonyl (C=O) groups is 1. The normalized spacial score (nSPS) is 11.5. The Morgan fingerprint density at radius 2 is 1.96 bits per heavy atom. The van der Waals surface area contributed by atoms with Crippen LogP contribution in [-0.2, 0) is 0 Å². The SMILES string of the molecule is CC(C)N(CCNC(=O)c1csc(Nc2ccc3ncccc3c2)n1)C(C)C. The van der Waals surface area contributed by atoms with E-state index in [9.17, 15) is 4.79 Å². The summed E-state index contributed by atoms with van der Waals surface area (Å²) in [4.78, 5) is 23.5. The number of fused-ring (bicyclic) bond motifs is 1. The van der Waals surface area contributed by atoms with Crippen LogP contribution in [0.25, 0.3) is 10.9 Å². The van der Waals surface area contributed by atoms with Crippen LogP contribution in [0, 0.1) is 0 Å². The number of hydrogen-bond donors (Lipinski definition) is 2. The van der Waals surface area contributed by atoms with Crippen LogP contribution < -0.4 is 10.6 Å². The van der Waals surface area contributed by atoms with Crippen LogP contribution in [0.2, 0.25) is 0 Å². The topological polar surface area (TPSA) is 70.2 Å². The van der Waals surface area contributed by atoms with Crippen LogP contribution in [-0.4, -0.2) is 45.9 Å². The number of carbonyl (C=O) groups excluding carboxylic acids is 1. The molecular formula is C21H27N5OS. The zero-order valence-corrected chi connectivity index (χ0v) is 17.6. The Morgan fingerprint density at radius 1 is 1.18 bits per heavy atom. The summed E-state index contributed by atoms with van der Waals surface area (Å²) in [6, 6.07) is 10.8. The molecule has 0 saturated heterocycles. The molecule has 0 unspecified atom stereocenters. The molecule has 1 aromatic carbocycles. The molecular weight excluding hydrogens is 370 g/mol. The molecule has 7 heteroatoms. The second kappa shape index (κ2) is 9.12. The van der Waals surface area contributed by atoms with Gasteiger partial charge in [0.15, 0.2) is 5.13 Å². The molecule has 0 radical (unpaired) electrons. The molecule has 0 aliphatic heterocycles. The summed E-state index contributed by atoms with van der Waals surface area (Å²) in [5.74, 6) is -0.139. The minimum atomic E-state index is -0.139. The standard InChI is InChI=1S/C21H27N5OS/c1-14(2)26(15(3)4)11-10-23-20(27)19-13-28-21(25-19)24-17-7-8-18-16(12-17)6-5-9-22-18/h5-9,12-15H,10-11H2,1-4H3,(H,23,27)(H,24,25). The molecule has 0 fully saturated rings. The van der Waals surface area contributed by atoms with Gasteiger partial charge in [-0.15, -0.1) is 11.3 Å². The first-order valence-electron chi connectivity index (χ1n) is 9.55. The lowest BCUT2D eigenvalue weighted by Crippen LogP contribution is -2.42. The van der Waals surface area contributed by atoms with E-state index in [1.54, 1.807) is 11.6 Å². The Morgan fingerprint density at radius 3 is 2.71 bits per heavy atom. The fourth-order valence-corrected chi connectivity index (χ4v) is 3.92. The van der Waals surface area contributed by atoms with E-state index in [1.165, 1.54) is 11.3 Å². The highest BCUT2D eigenvalue weighted by Gasteiger charge is 2.15. The maximum atomic E-state index is 12.4. The molecule has 3 rings (SSSR count). The average Bonchev–Trinajstić information content (AvgIpc) is 3.13. The van der Waals surface area contributed by atoms with Gasteiger partial charge in [0.1, 0.15) is 5.69 Å². The van der Waals surface area contributed by atoms with Crippen LogP contribution in [0.15, 0.2) is 41.9 Å². The Labute approximate surface area is 170 Å². The van der Waals surface area contributed by atoms with E-state index in [2.05, 4.69) is 53.2 Å². The van der Waals surface area contributed by atoms with Crippen molar-refractivity contribution in [2.45, 2.75) is 39.8 Å². The largest absolute Gasteiger partial charge is 0.349 e. The Bertz CT molecular complexity index is 929. The number of anilines is 2. The van der Waals surface area contributed by atoms with E-state index in [-0.39, 0.29) is 5.91 Å². The van der Waals surface area contributed by atoms with Gasteiger partial charge in [-0.25, -0.2) is 4.98 Å². The van der Waals surface area contributed by atoms with Crippen LogP contribution >= 0.6 is 11.3 Å². The zero-order valence-electron chi connectivity index (χ0n) is 16.8. The van der Waals surface area contributed by atoms with Crippen molar-refractivity contribution < 1.29 is 4.79 Å². The van der Waals surface area contributed by atoms with Crippen molar-refractivity contribution in [1.29, 1.82) is 0 Å². The highest BCUT2D eigenvalue weighted by atomic mass is 32.1. The van der Waals surface area contributed by atoms with Gasteiger partial charge >= 0.3 is 0 Å². The lowest BCUT2D eigenvalue weighted by atomic mass is 10.2. The molecule has 0 aliphatic carbocycles. The lowest BCUT2D eigenvalue weighted by molar-refractivity contribution is 0.0935. The van der Waals surface area contributed by atoms with Gasteiger partial charge in [-0.05, 0) is 52.0 Å². The third-order valence-corrected chi connectivity index (χ3v) is 5.33. The minimum Gasteiger partial charge on any atom is -0.349 e. The molecule has 3 aromatic rings. The van der Waals surface area contributed by atoms with E-state index >= 15 is 0 Å². The van der Waals surface area contributed by atoms with Gasteiger partial charge < -0.3 is 10.6 Å². The molecule has 0 aliphatic rings. The molecule has 28 heavy (non-hydrogen) atoms. The summed E-state index contributed by atoms with van der Waals surface area (Å²) in [6.07, 6.45) is 1.78. The summed E-state index contributed by atoms with van der Waals surface area (Å²) in [5, 5.41) is 9.77. The van der Waals surface area contributed by atoms with Crippen molar-refractivity contribution >= 4 is 39.0 Å². The summed E-state index contributed by atoms with van der Waals surface area (Å²) < 4.78 is 0. The van der Waals surface area contributed by atoms with Crippen molar-refractivity contribution in [3.8, 4) is 0 Å². The summed E-state index contributed by atoms with van der Waals surface area (Å²) in [5.41, 5.74) is 2.31. The first-order valence-corrected chi connectivity index (χ1v) is 10.4. The lowest BCUT2D eigenvalue weighted by Gasteiger charge is -2.30. The van der Waals surface area contributed by atoms with Gasteiger partial charge in [0.25, 0.3) is 5.91 Å². The highest BCUT2D eigenvalue weighted by Crippen LogP contribution is 2.23. The molecule has 2 N–H and O–H groups in total. The fraction of sp³-hybridized carbons (Fsp3) is 0.381. The van der Waals surface area contributed by atoms with Gasteiger partial charge in [-0.2, -0.15) is 0 Å². The third-order valence-electron chi connectivity index (χ3n) is 4.57. The van der Waals surface area contributed by atoms with Crippen LogP contribution in [0.5, 0.6) is 0 Å².